The summed E-state index contributed by atoms with van der Waals surface area (Å²) in [5.41, 5.74) is 1.14. The Balaban J connectivity index is 1.60. The molecule has 1 aliphatic heterocycles. The molecular formula is C17H23FN4O. The van der Waals surface area contributed by atoms with E-state index in [2.05, 4.69) is 22.2 Å². The van der Waals surface area contributed by atoms with Crippen LogP contribution in [-0.2, 0) is 0 Å². The van der Waals surface area contributed by atoms with Gasteiger partial charge in [-0.15, -0.1) is 0 Å². The van der Waals surface area contributed by atoms with E-state index in [1.165, 1.54) is 25.3 Å². The maximum atomic E-state index is 13.3. The minimum atomic E-state index is -0.413. The van der Waals surface area contributed by atoms with Crippen LogP contribution >= 0.6 is 0 Å². The van der Waals surface area contributed by atoms with Crippen molar-refractivity contribution < 1.29 is 9.18 Å². The van der Waals surface area contributed by atoms with Gasteiger partial charge in [0.05, 0.1) is 11.9 Å². The number of unbranched alkanes of at least 4 members (excludes halogenated alkanes) is 1. The number of fused-ring (bicyclic) bond motifs is 1. The molecule has 1 saturated heterocycles. The number of piperidine rings is 1. The number of halogens is 1. The number of amides is 2. The third-order valence-corrected chi connectivity index (χ3v) is 4.61. The lowest BCUT2D eigenvalue weighted by Gasteiger charge is -2.32. The molecule has 23 heavy (non-hydrogen) atoms. The molecule has 0 aliphatic carbocycles. The van der Waals surface area contributed by atoms with Crippen molar-refractivity contribution in [1.29, 1.82) is 0 Å². The zero-order valence-electron chi connectivity index (χ0n) is 13.4. The van der Waals surface area contributed by atoms with Crippen molar-refractivity contribution in [1.82, 2.24) is 14.9 Å². The summed E-state index contributed by atoms with van der Waals surface area (Å²) in [6.45, 7) is 3.78. The first-order valence-electron chi connectivity index (χ1n) is 8.36. The number of pyridine rings is 1. The highest BCUT2D eigenvalue weighted by atomic mass is 19.1. The summed E-state index contributed by atoms with van der Waals surface area (Å²) in [6, 6.07) is 1.26. The molecule has 6 heteroatoms. The Morgan fingerprint density at radius 1 is 1.48 bits per heavy atom. The first-order valence-corrected chi connectivity index (χ1v) is 8.36. The van der Waals surface area contributed by atoms with E-state index in [9.17, 15) is 9.18 Å². The number of rotatable bonds is 4. The van der Waals surface area contributed by atoms with Crippen LogP contribution in [0, 0.1) is 11.7 Å². The van der Waals surface area contributed by atoms with Crippen LogP contribution in [-0.4, -0.2) is 34.0 Å². The molecule has 124 valence electrons. The van der Waals surface area contributed by atoms with Gasteiger partial charge in [-0.05, 0) is 24.8 Å². The number of hydrogen-bond acceptors (Lipinski definition) is 2. The van der Waals surface area contributed by atoms with E-state index in [1.807, 2.05) is 4.90 Å². The van der Waals surface area contributed by atoms with Crippen LogP contribution in [0.15, 0.2) is 18.5 Å². The fraction of sp³-hybridized carbons (Fsp3) is 0.529. The lowest BCUT2D eigenvalue weighted by molar-refractivity contribution is 0.179. The summed E-state index contributed by atoms with van der Waals surface area (Å²) in [4.78, 5) is 21.1. The molecule has 3 heterocycles. The maximum Gasteiger partial charge on any atom is 0.321 e. The van der Waals surface area contributed by atoms with Gasteiger partial charge in [0.25, 0.3) is 0 Å². The normalized spacial score (nSPS) is 16.0. The summed E-state index contributed by atoms with van der Waals surface area (Å²) in [5.74, 6) is 0.328. The molecule has 2 aromatic rings. The average Bonchev–Trinajstić information content (AvgIpc) is 2.95. The molecule has 1 aliphatic rings. The molecule has 0 aromatic carbocycles. The van der Waals surface area contributed by atoms with Crippen LogP contribution in [0.25, 0.3) is 11.0 Å². The quantitative estimate of drug-likeness (QED) is 0.890. The predicted octanol–water partition coefficient (Wildman–Crippen LogP) is 4.14. The molecule has 5 nitrogen and oxygen atoms in total. The van der Waals surface area contributed by atoms with E-state index >= 15 is 0 Å². The topological polar surface area (TPSA) is 61.0 Å². The Hall–Kier alpha value is -2.11. The van der Waals surface area contributed by atoms with Crippen molar-refractivity contribution in [3.8, 4) is 0 Å². The highest BCUT2D eigenvalue weighted by Gasteiger charge is 2.23. The number of aromatic nitrogens is 2. The monoisotopic (exact) mass is 318 g/mol. The van der Waals surface area contributed by atoms with Crippen LogP contribution in [0.2, 0.25) is 0 Å². The molecule has 1 fully saturated rings. The van der Waals surface area contributed by atoms with E-state index in [1.54, 1.807) is 6.20 Å². The third kappa shape index (κ3) is 3.63. The van der Waals surface area contributed by atoms with Gasteiger partial charge in [-0.3, -0.25) is 0 Å². The second-order valence-electron chi connectivity index (χ2n) is 6.25. The standard InChI is InChI=1S/C17H23FN4O/c1-2-3-4-12-5-7-22(8-6-12)17(23)21-15-11-20-16-14(15)9-13(18)10-19-16/h9-12H,2-8H2,1H3,(H,19,20)(H,21,23). The highest BCUT2D eigenvalue weighted by molar-refractivity contribution is 5.99. The van der Waals surface area contributed by atoms with Crippen LogP contribution in [0.1, 0.15) is 39.0 Å². The van der Waals surface area contributed by atoms with E-state index in [-0.39, 0.29) is 6.03 Å². The number of aromatic amines is 1. The number of anilines is 1. The summed E-state index contributed by atoms with van der Waals surface area (Å²) in [5, 5.41) is 3.46. The molecule has 0 saturated carbocycles. The first kappa shape index (κ1) is 15.8. The summed E-state index contributed by atoms with van der Waals surface area (Å²) in [7, 11) is 0. The van der Waals surface area contributed by atoms with Gasteiger partial charge in [0.1, 0.15) is 11.5 Å². The molecule has 0 bridgehead atoms. The molecule has 0 unspecified atom stereocenters. The minimum Gasteiger partial charge on any atom is -0.344 e. The van der Waals surface area contributed by atoms with Crippen molar-refractivity contribution in [3.05, 3.63) is 24.3 Å². The van der Waals surface area contributed by atoms with Crippen LogP contribution in [0.4, 0.5) is 14.9 Å². The van der Waals surface area contributed by atoms with Crippen molar-refractivity contribution in [2.24, 2.45) is 5.92 Å². The molecule has 2 amide bonds. The first-order chi connectivity index (χ1) is 11.2. The van der Waals surface area contributed by atoms with Gasteiger partial charge in [0.15, 0.2) is 0 Å². The molecular weight excluding hydrogens is 295 g/mol. The fourth-order valence-corrected chi connectivity index (χ4v) is 3.19. The zero-order chi connectivity index (χ0) is 16.2. The number of H-pyrrole nitrogens is 1. The van der Waals surface area contributed by atoms with Crippen LogP contribution in [0.3, 0.4) is 0 Å². The molecule has 2 aromatic heterocycles. The summed E-state index contributed by atoms with van der Waals surface area (Å²) < 4.78 is 13.3. The van der Waals surface area contributed by atoms with Crippen molar-refractivity contribution in [2.75, 3.05) is 18.4 Å². The molecule has 2 N–H and O–H groups in total. The molecule has 0 radical (unpaired) electrons. The van der Waals surface area contributed by atoms with Crippen molar-refractivity contribution >= 4 is 22.8 Å². The van der Waals surface area contributed by atoms with Crippen molar-refractivity contribution in [2.45, 2.75) is 39.0 Å². The van der Waals surface area contributed by atoms with Gasteiger partial charge in [-0.25, -0.2) is 14.2 Å². The van der Waals surface area contributed by atoms with Gasteiger partial charge in [0.2, 0.25) is 0 Å². The smallest absolute Gasteiger partial charge is 0.321 e. The van der Waals surface area contributed by atoms with Crippen LogP contribution < -0.4 is 5.32 Å². The summed E-state index contributed by atoms with van der Waals surface area (Å²) in [6.07, 6.45) is 8.71. The van der Waals surface area contributed by atoms with Gasteiger partial charge in [-0.1, -0.05) is 26.2 Å². The van der Waals surface area contributed by atoms with E-state index < -0.39 is 5.82 Å². The molecule has 0 atom stereocenters. The third-order valence-electron chi connectivity index (χ3n) is 4.61. The number of likely N-dealkylation sites (tertiary alicyclic amines) is 1. The maximum absolute atomic E-state index is 13.3. The Bertz CT molecular complexity index is 676. The Morgan fingerprint density at radius 2 is 2.26 bits per heavy atom. The Morgan fingerprint density at radius 3 is 3.00 bits per heavy atom. The Labute approximate surface area is 135 Å². The van der Waals surface area contributed by atoms with E-state index in [0.717, 1.165) is 38.0 Å². The number of nitrogens with one attached hydrogen (secondary N) is 2. The van der Waals surface area contributed by atoms with Gasteiger partial charge in [0, 0.05) is 24.7 Å². The SMILES string of the molecule is CCCCC1CCN(C(=O)Nc2c[nH]c3ncc(F)cc23)CC1. The average molecular weight is 318 g/mol. The van der Waals surface area contributed by atoms with Gasteiger partial charge in [-0.2, -0.15) is 0 Å². The fourth-order valence-electron chi connectivity index (χ4n) is 3.19. The highest BCUT2D eigenvalue weighted by Crippen LogP contribution is 2.25. The zero-order valence-corrected chi connectivity index (χ0v) is 13.4. The van der Waals surface area contributed by atoms with Crippen molar-refractivity contribution in [3.63, 3.8) is 0 Å². The lowest BCUT2D eigenvalue weighted by atomic mass is 9.92. The minimum absolute atomic E-state index is 0.121. The number of urea groups is 1. The molecule has 3 rings (SSSR count). The predicted molar refractivity (Wildman–Crippen MR) is 88.9 cm³/mol. The van der Waals surface area contributed by atoms with Gasteiger partial charge >= 0.3 is 6.03 Å². The number of carbonyl (C=O) groups excluding carboxylic acids is 1. The number of nitrogens with zero attached hydrogens (tertiary/aromatic N) is 2. The second-order valence-corrected chi connectivity index (χ2v) is 6.25. The van der Waals surface area contributed by atoms with Crippen LogP contribution in [0.5, 0.6) is 0 Å². The van der Waals surface area contributed by atoms with Gasteiger partial charge < -0.3 is 15.2 Å². The lowest BCUT2D eigenvalue weighted by Crippen LogP contribution is -2.41. The summed E-state index contributed by atoms with van der Waals surface area (Å²) >= 11 is 0. The van der Waals surface area contributed by atoms with E-state index in [4.69, 9.17) is 0 Å². The second kappa shape index (κ2) is 6.98. The number of hydrogen-bond donors (Lipinski definition) is 2. The largest absolute Gasteiger partial charge is 0.344 e. The van der Waals surface area contributed by atoms with E-state index in [0.29, 0.717) is 16.7 Å². The molecule has 0 spiro atoms. The number of carbonyl (C=O) groups is 1. The Kier molecular flexibility index (Phi) is 4.79.